The van der Waals surface area contributed by atoms with E-state index < -0.39 is 0 Å². The van der Waals surface area contributed by atoms with E-state index in [0.717, 1.165) is 10.0 Å². The molecule has 3 rings (SSSR count). The van der Waals surface area contributed by atoms with Crippen molar-refractivity contribution in [2.45, 2.75) is 0 Å². The van der Waals surface area contributed by atoms with Gasteiger partial charge in [-0.25, -0.2) is 0 Å². The molecule has 3 aromatic carbocycles. The molecular formula is C22H17BrN2O2. The molecule has 0 spiro atoms. The summed E-state index contributed by atoms with van der Waals surface area (Å²) in [6.45, 7) is 0. The van der Waals surface area contributed by atoms with Gasteiger partial charge < -0.3 is 10.6 Å². The van der Waals surface area contributed by atoms with E-state index in [4.69, 9.17) is 0 Å². The first-order valence-electron chi connectivity index (χ1n) is 8.31. The highest BCUT2D eigenvalue weighted by Crippen LogP contribution is 2.16. The Kier molecular flexibility index (Phi) is 6.18. The Labute approximate surface area is 166 Å². The fraction of sp³-hybridized carbons (Fsp3) is 0. The molecule has 0 aliphatic carbocycles. The van der Waals surface area contributed by atoms with Crippen molar-refractivity contribution in [2.75, 3.05) is 10.6 Å². The van der Waals surface area contributed by atoms with Crippen molar-refractivity contribution in [1.82, 2.24) is 0 Å². The van der Waals surface area contributed by atoms with Gasteiger partial charge in [0.15, 0.2) is 0 Å². The summed E-state index contributed by atoms with van der Waals surface area (Å²) >= 11 is 3.34. The lowest BCUT2D eigenvalue weighted by atomic mass is 10.2. The van der Waals surface area contributed by atoms with Gasteiger partial charge in [0.05, 0.1) is 0 Å². The van der Waals surface area contributed by atoms with Crippen molar-refractivity contribution in [3.05, 3.63) is 101 Å². The van der Waals surface area contributed by atoms with E-state index in [-0.39, 0.29) is 11.8 Å². The Morgan fingerprint density at radius 2 is 1.33 bits per heavy atom. The second kappa shape index (κ2) is 8.96. The van der Waals surface area contributed by atoms with Crippen LogP contribution in [0.5, 0.6) is 0 Å². The second-order valence-electron chi connectivity index (χ2n) is 5.77. The Bertz CT molecular complexity index is 950. The number of carbonyl (C=O) groups is 2. The molecule has 4 nitrogen and oxygen atoms in total. The normalized spacial score (nSPS) is 10.6. The average Bonchev–Trinajstić information content (AvgIpc) is 2.69. The van der Waals surface area contributed by atoms with Crippen LogP contribution in [0.25, 0.3) is 6.08 Å². The van der Waals surface area contributed by atoms with Gasteiger partial charge in [-0.15, -0.1) is 0 Å². The maximum absolute atomic E-state index is 12.2. The molecule has 27 heavy (non-hydrogen) atoms. The predicted molar refractivity (Wildman–Crippen MR) is 113 cm³/mol. The van der Waals surface area contributed by atoms with Gasteiger partial charge in [-0.2, -0.15) is 0 Å². The topological polar surface area (TPSA) is 58.2 Å². The number of anilines is 2. The van der Waals surface area contributed by atoms with Gasteiger partial charge in [-0.05, 0) is 60.2 Å². The molecule has 3 aromatic rings. The van der Waals surface area contributed by atoms with E-state index in [0.29, 0.717) is 16.9 Å². The Balaban J connectivity index is 1.56. The highest BCUT2D eigenvalue weighted by Gasteiger charge is 2.06. The van der Waals surface area contributed by atoms with Crippen LogP contribution in [0.2, 0.25) is 0 Å². The summed E-state index contributed by atoms with van der Waals surface area (Å²) < 4.78 is 0.917. The monoisotopic (exact) mass is 420 g/mol. The summed E-state index contributed by atoms with van der Waals surface area (Å²) in [6, 6.07) is 23.7. The Morgan fingerprint density at radius 1 is 0.741 bits per heavy atom. The second-order valence-corrected chi connectivity index (χ2v) is 6.69. The van der Waals surface area contributed by atoms with Gasteiger partial charge >= 0.3 is 0 Å². The summed E-state index contributed by atoms with van der Waals surface area (Å²) in [5.74, 6) is -0.407. The van der Waals surface area contributed by atoms with E-state index in [9.17, 15) is 9.59 Å². The van der Waals surface area contributed by atoms with E-state index >= 15 is 0 Å². The molecule has 0 radical (unpaired) electrons. The fourth-order valence-corrected chi connectivity index (χ4v) is 2.63. The molecule has 0 saturated carbocycles. The molecule has 0 atom stereocenters. The molecule has 0 aliphatic rings. The molecule has 2 N–H and O–H groups in total. The molecule has 0 fully saturated rings. The summed E-state index contributed by atoms with van der Waals surface area (Å²) in [7, 11) is 0. The van der Waals surface area contributed by atoms with E-state index in [2.05, 4.69) is 26.6 Å². The van der Waals surface area contributed by atoms with Crippen molar-refractivity contribution in [2.24, 2.45) is 0 Å². The minimum atomic E-state index is -0.217. The van der Waals surface area contributed by atoms with Crippen LogP contribution in [-0.2, 0) is 4.79 Å². The number of carbonyl (C=O) groups excluding carboxylic acids is 2. The van der Waals surface area contributed by atoms with Crippen molar-refractivity contribution < 1.29 is 9.59 Å². The zero-order chi connectivity index (χ0) is 19.1. The molecular weight excluding hydrogens is 404 g/mol. The van der Waals surface area contributed by atoms with Crippen LogP contribution in [-0.4, -0.2) is 11.8 Å². The predicted octanol–water partition coefficient (Wildman–Crippen LogP) is 5.35. The number of hydrogen-bond acceptors (Lipinski definition) is 2. The summed E-state index contributed by atoms with van der Waals surface area (Å²) in [6.07, 6.45) is 3.24. The van der Waals surface area contributed by atoms with Crippen LogP contribution in [0.3, 0.4) is 0 Å². The molecule has 134 valence electrons. The molecule has 5 heteroatoms. The van der Waals surface area contributed by atoms with Crippen LogP contribution in [0, 0.1) is 0 Å². The highest BCUT2D eigenvalue weighted by molar-refractivity contribution is 9.10. The third kappa shape index (κ3) is 5.66. The lowest BCUT2D eigenvalue weighted by Gasteiger charge is -2.07. The van der Waals surface area contributed by atoms with Crippen molar-refractivity contribution >= 4 is 45.2 Å². The molecule has 0 unspecified atom stereocenters. The Morgan fingerprint density at radius 3 is 1.96 bits per heavy atom. The van der Waals surface area contributed by atoms with Gasteiger partial charge in [-0.1, -0.05) is 46.3 Å². The zero-order valence-electron chi connectivity index (χ0n) is 14.4. The third-order valence-corrected chi connectivity index (χ3v) is 4.27. The van der Waals surface area contributed by atoms with Crippen LogP contribution < -0.4 is 10.6 Å². The van der Waals surface area contributed by atoms with Gasteiger partial charge in [0.25, 0.3) is 5.91 Å². The number of halogens is 1. The maximum atomic E-state index is 12.2. The van der Waals surface area contributed by atoms with Gasteiger partial charge in [0.1, 0.15) is 0 Å². The first-order chi connectivity index (χ1) is 13.1. The summed E-state index contributed by atoms with van der Waals surface area (Å²) in [5.41, 5.74) is 2.83. The lowest BCUT2D eigenvalue weighted by Crippen LogP contribution is -2.12. The quantitative estimate of drug-likeness (QED) is 0.546. The number of rotatable bonds is 5. The molecule has 0 aliphatic heterocycles. The number of nitrogens with one attached hydrogen (secondary N) is 2. The SMILES string of the molecule is O=C(C=Cc1ccccc1)Nc1ccc(NC(=O)c2ccc(Br)cc2)cc1. The smallest absolute Gasteiger partial charge is 0.255 e. The van der Waals surface area contributed by atoms with Crippen molar-refractivity contribution in [1.29, 1.82) is 0 Å². The van der Waals surface area contributed by atoms with Crippen molar-refractivity contribution in [3.8, 4) is 0 Å². The van der Waals surface area contributed by atoms with Crippen LogP contribution >= 0.6 is 15.9 Å². The van der Waals surface area contributed by atoms with E-state index in [1.54, 1.807) is 42.5 Å². The van der Waals surface area contributed by atoms with Crippen molar-refractivity contribution in [3.63, 3.8) is 0 Å². The third-order valence-electron chi connectivity index (χ3n) is 3.74. The van der Waals surface area contributed by atoms with Crippen LogP contribution in [0.4, 0.5) is 11.4 Å². The Hall–Kier alpha value is -3.18. The molecule has 2 amide bonds. The largest absolute Gasteiger partial charge is 0.323 e. The minimum absolute atomic E-state index is 0.190. The van der Waals surface area contributed by atoms with E-state index in [1.807, 2.05) is 42.5 Å². The molecule has 0 bridgehead atoms. The highest BCUT2D eigenvalue weighted by atomic mass is 79.9. The first kappa shape index (κ1) is 18.6. The molecule has 0 heterocycles. The van der Waals surface area contributed by atoms with Gasteiger partial charge in [0, 0.05) is 27.5 Å². The van der Waals surface area contributed by atoms with Gasteiger partial charge in [0.2, 0.25) is 5.91 Å². The number of benzene rings is 3. The lowest BCUT2D eigenvalue weighted by molar-refractivity contribution is -0.111. The summed E-state index contributed by atoms with van der Waals surface area (Å²) in [4.78, 5) is 24.2. The van der Waals surface area contributed by atoms with Crippen LogP contribution in [0.1, 0.15) is 15.9 Å². The molecule has 0 aromatic heterocycles. The molecule has 0 saturated heterocycles. The first-order valence-corrected chi connectivity index (χ1v) is 9.10. The average molecular weight is 421 g/mol. The van der Waals surface area contributed by atoms with Gasteiger partial charge in [-0.3, -0.25) is 9.59 Å². The van der Waals surface area contributed by atoms with E-state index in [1.165, 1.54) is 6.08 Å². The standard InChI is InChI=1S/C22H17BrN2O2/c23-18-9-7-17(8-10-18)22(27)25-20-13-11-19(12-14-20)24-21(26)15-6-16-4-2-1-3-5-16/h1-15H,(H,24,26)(H,25,27). The maximum Gasteiger partial charge on any atom is 0.255 e. The van der Waals surface area contributed by atoms with Crippen LogP contribution in [0.15, 0.2) is 89.4 Å². The number of amides is 2. The number of hydrogen-bond donors (Lipinski definition) is 2. The fourth-order valence-electron chi connectivity index (χ4n) is 2.36. The minimum Gasteiger partial charge on any atom is -0.323 e. The zero-order valence-corrected chi connectivity index (χ0v) is 15.9. The summed E-state index contributed by atoms with van der Waals surface area (Å²) in [5, 5.41) is 5.61.